The van der Waals surface area contributed by atoms with Crippen LogP contribution in [0.2, 0.25) is 5.02 Å². The zero-order chi connectivity index (χ0) is 14.9. The van der Waals surface area contributed by atoms with E-state index in [1.54, 1.807) is 11.8 Å². The quantitative estimate of drug-likeness (QED) is 0.688. The highest BCUT2D eigenvalue weighted by Gasteiger charge is 2.28. The van der Waals surface area contributed by atoms with Gasteiger partial charge in [0.05, 0.1) is 16.0 Å². The maximum atomic E-state index is 13.6. The molecule has 0 spiro atoms. The number of halogens is 2. The summed E-state index contributed by atoms with van der Waals surface area (Å²) in [5.74, 6) is -0.479. The number of hydrogen-bond acceptors (Lipinski definition) is 4. The summed E-state index contributed by atoms with van der Waals surface area (Å²) in [4.78, 5) is 12.3. The summed E-state index contributed by atoms with van der Waals surface area (Å²) in [6, 6.07) is 2.16. The molecule has 7 heteroatoms. The van der Waals surface area contributed by atoms with Crippen molar-refractivity contribution in [1.29, 1.82) is 0 Å². The van der Waals surface area contributed by atoms with Gasteiger partial charge in [-0.05, 0) is 25.7 Å². The van der Waals surface area contributed by atoms with Crippen molar-refractivity contribution in [1.82, 2.24) is 0 Å². The van der Waals surface area contributed by atoms with E-state index in [4.69, 9.17) is 11.6 Å². The van der Waals surface area contributed by atoms with Crippen LogP contribution in [0.4, 0.5) is 15.8 Å². The Bertz CT molecular complexity index is 517. The summed E-state index contributed by atoms with van der Waals surface area (Å²) in [6.07, 6.45) is 1.05. The minimum Gasteiger partial charge on any atom is -0.393 e. The number of rotatable bonds is 3. The molecule has 5 nitrogen and oxygen atoms in total. The second-order valence-corrected chi connectivity index (χ2v) is 5.48. The van der Waals surface area contributed by atoms with Gasteiger partial charge in [0.15, 0.2) is 0 Å². The number of nitrogens with zero attached hydrogens (tertiary/aromatic N) is 2. The van der Waals surface area contributed by atoms with E-state index >= 15 is 0 Å². The first-order valence-electron chi connectivity index (χ1n) is 6.46. The number of benzene rings is 1. The molecule has 0 amide bonds. The minimum absolute atomic E-state index is 0.183. The van der Waals surface area contributed by atoms with Crippen LogP contribution in [0.5, 0.6) is 0 Å². The van der Waals surface area contributed by atoms with Crippen LogP contribution in [0.1, 0.15) is 19.8 Å². The minimum atomic E-state index is -0.662. The lowest BCUT2D eigenvalue weighted by molar-refractivity contribution is -0.384. The van der Waals surface area contributed by atoms with E-state index in [0.29, 0.717) is 13.1 Å². The molecule has 1 atom stereocenters. The van der Waals surface area contributed by atoms with Crippen molar-refractivity contribution in [2.45, 2.75) is 25.9 Å². The van der Waals surface area contributed by atoms with Crippen molar-refractivity contribution in [3.63, 3.8) is 0 Å². The second kappa shape index (κ2) is 5.93. The number of hydrogen-bond donors (Lipinski definition) is 1. The lowest BCUT2D eigenvalue weighted by Crippen LogP contribution is -2.37. The van der Waals surface area contributed by atoms with Crippen LogP contribution in [0.25, 0.3) is 0 Å². The standard InChI is InChI=1S/C13H16ClFN2O3/c1-8(18)9-2-4-16(5-3-9)12-7-11(15)10(14)6-13(12)17(19)20/h6-9,18H,2-5H2,1H3. The number of anilines is 1. The Morgan fingerprint density at radius 2 is 2.10 bits per heavy atom. The number of nitro groups is 1. The van der Waals surface area contributed by atoms with E-state index < -0.39 is 16.8 Å². The van der Waals surface area contributed by atoms with E-state index in [2.05, 4.69) is 0 Å². The van der Waals surface area contributed by atoms with Gasteiger partial charge >= 0.3 is 0 Å². The molecule has 1 aromatic carbocycles. The first kappa shape index (κ1) is 15.0. The Labute approximate surface area is 121 Å². The fourth-order valence-electron chi connectivity index (χ4n) is 2.55. The zero-order valence-electron chi connectivity index (χ0n) is 11.1. The largest absolute Gasteiger partial charge is 0.393 e. The maximum absolute atomic E-state index is 13.6. The number of piperidine rings is 1. The van der Waals surface area contributed by atoms with Crippen molar-refractivity contribution in [3.8, 4) is 0 Å². The summed E-state index contributed by atoms with van der Waals surface area (Å²) in [6.45, 7) is 2.85. The molecule has 1 aliphatic heterocycles. The van der Waals surface area contributed by atoms with Gasteiger partial charge in [-0.25, -0.2) is 4.39 Å². The van der Waals surface area contributed by atoms with Crippen LogP contribution >= 0.6 is 11.6 Å². The molecule has 0 aromatic heterocycles. The first-order chi connectivity index (χ1) is 9.40. The summed E-state index contributed by atoms with van der Waals surface area (Å²) in [5, 5.41) is 20.4. The fraction of sp³-hybridized carbons (Fsp3) is 0.538. The first-order valence-corrected chi connectivity index (χ1v) is 6.84. The molecule has 1 unspecified atom stereocenters. The van der Waals surface area contributed by atoms with Crippen molar-refractivity contribution >= 4 is 23.0 Å². The summed E-state index contributed by atoms with van der Waals surface area (Å²) in [7, 11) is 0. The number of aliphatic hydroxyl groups excluding tert-OH is 1. The van der Waals surface area contributed by atoms with E-state index in [1.165, 1.54) is 0 Å². The smallest absolute Gasteiger partial charge is 0.294 e. The molecule has 0 bridgehead atoms. The van der Waals surface area contributed by atoms with Gasteiger partial charge in [-0.2, -0.15) is 0 Å². The van der Waals surface area contributed by atoms with Crippen LogP contribution in [0, 0.1) is 21.8 Å². The molecule has 0 radical (unpaired) electrons. The average molecular weight is 303 g/mol. The Hall–Kier alpha value is -1.40. The van der Waals surface area contributed by atoms with Crippen LogP contribution in [0.15, 0.2) is 12.1 Å². The topological polar surface area (TPSA) is 66.6 Å². The number of nitro benzene ring substituents is 1. The third-order valence-corrected chi connectivity index (χ3v) is 4.07. The molecule has 2 rings (SSSR count). The summed E-state index contributed by atoms with van der Waals surface area (Å²) < 4.78 is 13.6. The highest BCUT2D eigenvalue weighted by atomic mass is 35.5. The lowest BCUT2D eigenvalue weighted by Gasteiger charge is -2.34. The Balaban J connectivity index is 2.25. The SMILES string of the molecule is CC(O)C1CCN(c2cc(F)c(Cl)cc2[N+](=O)[O-])CC1. The molecule has 1 N–H and O–H groups in total. The number of aliphatic hydroxyl groups is 1. The predicted molar refractivity (Wildman–Crippen MR) is 74.7 cm³/mol. The van der Waals surface area contributed by atoms with Gasteiger partial charge in [-0.3, -0.25) is 10.1 Å². The molecule has 0 saturated carbocycles. The van der Waals surface area contributed by atoms with Gasteiger partial charge in [0, 0.05) is 25.2 Å². The van der Waals surface area contributed by atoms with E-state index in [-0.39, 0.29) is 22.3 Å². The molecule has 1 saturated heterocycles. The molecule has 110 valence electrons. The Morgan fingerprint density at radius 1 is 1.50 bits per heavy atom. The highest BCUT2D eigenvalue weighted by molar-refractivity contribution is 6.31. The van der Waals surface area contributed by atoms with Gasteiger partial charge in [-0.15, -0.1) is 0 Å². The van der Waals surface area contributed by atoms with Crippen molar-refractivity contribution in [3.05, 3.63) is 33.1 Å². The molecular weight excluding hydrogens is 287 g/mol. The van der Waals surface area contributed by atoms with Crippen LogP contribution in [-0.2, 0) is 0 Å². The Morgan fingerprint density at radius 3 is 2.60 bits per heavy atom. The molecular formula is C13H16ClFN2O3. The Kier molecular flexibility index (Phi) is 4.45. The molecule has 20 heavy (non-hydrogen) atoms. The van der Waals surface area contributed by atoms with Crippen LogP contribution in [-0.4, -0.2) is 29.2 Å². The second-order valence-electron chi connectivity index (χ2n) is 5.08. The predicted octanol–water partition coefficient (Wildman–Crippen LogP) is 2.98. The molecule has 1 aliphatic rings. The molecule has 1 heterocycles. The van der Waals surface area contributed by atoms with E-state index in [0.717, 1.165) is 25.0 Å². The van der Waals surface area contributed by atoms with Gasteiger partial charge in [-0.1, -0.05) is 11.6 Å². The summed E-state index contributed by atoms with van der Waals surface area (Å²) >= 11 is 5.60. The van der Waals surface area contributed by atoms with Crippen molar-refractivity contribution < 1.29 is 14.4 Å². The van der Waals surface area contributed by atoms with Crippen LogP contribution in [0.3, 0.4) is 0 Å². The monoisotopic (exact) mass is 302 g/mol. The van der Waals surface area contributed by atoms with Crippen LogP contribution < -0.4 is 4.90 Å². The maximum Gasteiger partial charge on any atom is 0.294 e. The van der Waals surface area contributed by atoms with E-state index in [1.807, 2.05) is 0 Å². The molecule has 0 aliphatic carbocycles. The van der Waals surface area contributed by atoms with Gasteiger partial charge in [0.1, 0.15) is 11.5 Å². The van der Waals surface area contributed by atoms with E-state index in [9.17, 15) is 19.6 Å². The normalized spacial score (nSPS) is 18.1. The molecule has 1 aromatic rings. The molecule has 1 fully saturated rings. The zero-order valence-corrected chi connectivity index (χ0v) is 11.8. The third kappa shape index (κ3) is 3.02. The fourth-order valence-corrected chi connectivity index (χ4v) is 2.71. The van der Waals surface area contributed by atoms with Crippen molar-refractivity contribution in [2.24, 2.45) is 5.92 Å². The van der Waals surface area contributed by atoms with Crippen molar-refractivity contribution in [2.75, 3.05) is 18.0 Å². The third-order valence-electron chi connectivity index (χ3n) is 3.78. The van der Waals surface area contributed by atoms with Gasteiger partial charge < -0.3 is 10.0 Å². The highest BCUT2D eigenvalue weighted by Crippen LogP contribution is 2.35. The summed E-state index contributed by atoms with van der Waals surface area (Å²) in [5.41, 5.74) is 0.0628. The van der Waals surface area contributed by atoms with Gasteiger partial charge in [0.25, 0.3) is 5.69 Å². The average Bonchev–Trinajstić information content (AvgIpc) is 2.41. The lowest BCUT2D eigenvalue weighted by atomic mass is 9.92. The van der Waals surface area contributed by atoms with Gasteiger partial charge in [0.2, 0.25) is 0 Å².